The van der Waals surface area contributed by atoms with E-state index in [1.54, 1.807) is 0 Å². The number of hydrogen-bond donors (Lipinski definition) is 0. The maximum atomic E-state index is 14.6. The predicted octanol–water partition coefficient (Wildman–Crippen LogP) is 2.65. The Kier molecular flexibility index (Phi) is 4.57. The Bertz CT molecular complexity index is 776. The number of nitrogens with zero attached hydrogens (tertiary/aromatic N) is 1. The van der Waals surface area contributed by atoms with Gasteiger partial charge in [-0.3, -0.25) is 14.5 Å². The van der Waals surface area contributed by atoms with Crippen LogP contribution in [-0.2, 0) is 11.3 Å². The predicted molar refractivity (Wildman–Crippen MR) is 84.4 cm³/mol. The van der Waals surface area contributed by atoms with Gasteiger partial charge in [-0.2, -0.15) is 0 Å². The third-order valence-electron chi connectivity index (χ3n) is 3.80. The number of benzene rings is 2. The summed E-state index contributed by atoms with van der Waals surface area (Å²) in [5, 5.41) is 0. The highest BCUT2D eigenvalue weighted by Crippen LogP contribution is 2.31. The van der Waals surface area contributed by atoms with Crippen molar-refractivity contribution in [3.8, 4) is 5.75 Å². The van der Waals surface area contributed by atoms with Crippen molar-refractivity contribution < 1.29 is 23.5 Å². The van der Waals surface area contributed by atoms with E-state index in [2.05, 4.69) is 0 Å². The Balaban J connectivity index is 1.83. The quantitative estimate of drug-likeness (QED) is 0.765. The van der Waals surface area contributed by atoms with Crippen molar-refractivity contribution in [3.63, 3.8) is 0 Å². The minimum absolute atomic E-state index is 0.0488. The first-order valence-corrected chi connectivity index (χ1v) is 7.48. The second-order valence-corrected chi connectivity index (χ2v) is 5.33. The molecule has 1 aliphatic heterocycles. The fourth-order valence-corrected chi connectivity index (χ4v) is 2.55. The molecule has 0 unspecified atom stereocenters. The first-order valence-electron chi connectivity index (χ1n) is 7.48. The molecule has 0 saturated carbocycles. The molecule has 2 aromatic rings. The first-order chi connectivity index (χ1) is 11.6. The lowest BCUT2D eigenvalue weighted by Crippen LogP contribution is -2.32. The molecule has 24 heavy (non-hydrogen) atoms. The van der Waals surface area contributed by atoms with E-state index in [1.165, 1.54) is 19.2 Å². The maximum absolute atomic E-state index is 14.6. The zero-order valence-electron chi connectivity index (χ0n) is 13.1. The van der Waals surface area contributed by atoms with Gasteiger partial charge < -0.3 is 9.47 Å². The van der Waals surface area contributed by atoms with Gasteiger partial charge in [-0.1, -0.05) is 30.3 Å². The minimum atomic E-state index is -0.804. The second-order valence-electron chi connectivity index (χ2n) is 5.33. The normalized spacial score (nSPS) is 13.3. The highest BCUT2D eigenvalue weighted by molar-refractivity contribution is 6.21. The van der Waals surface area contributed by atoms with Gasteiger partial charge in [0, 0.05) is 7.11 Å². The lowest BCUT2D eigenvalue weighted by molar-refractivity contribution is 0.0601. The molecule has 0 aromatic heterocycles. The molecule has 0 bridgehead atoms. The lowest BCUT2D eigenvalue weighted by Gasteiger charge is -2.12. The summed E-state index contributed by atoms with van der Waals surface area (Å²) in [6.07, 6.45) is 0. The van der Waals surface area contributed by atoms with E-state index in [9.17, 15) is 14.0 Å². The molecule has 124 valence electrons. The van der Waals surface area contributed by atoms with E-state index >= 15 is 0 Å². The van der Waals surface area contributed by atoms with Crippen molar-refractivity contribution in [2.24, 2.45) is 0 Å². The molecular weight excluding hydrogens is 313 g/mol. The molecule has 0 saturated heterocycles. The number of halogens is 1. The second kappa shape index (κ2) is 6.80. The summed E-state index contributed by atoms with van der Waals surface area (Å²) in [7, 11) is 1.47. The summed E-state index contributed by atoms with van der Waals surface area (Å²) in [6, 6.07) is 12.1. The first kappa shape index (κ1) is 16.1. The molecular formula is C18H16FNO4. The molecule has 0 aliphatic carbocycles. The van der Waals surface area contributed by atoms with Crippen LogP contribution in [-0.4, -0.2) is 37.0 Å². The number of imide groups is 1. The summed E-state index contributed by atoms with van der Waals surface area (Å²) in [6.45, 7) is 0.457. The van der Waals surface area contributed by atoms with Crippen LogP contribution in [0, 0.1) is 5.82 Å². The molecule has 6 heteroatoms. The van der Waals surface area contributed by atoms with Crippen molar-refractivity contribution in [1.82, 2.24) is 4.90 Å². The zero-order valence-corrected chi connectivity index (χ0v) is 13.1. The highest BCUT2D eigenvalue weighted by Gasteiger charge is 2.38. The number of hydrogen-bond acceptors (Lipinski definition) is 4. The molecule has 0 radical (unpaired) electrons. The fourth-order valence-electron chi connectivity index (χ4n) is 2.55. The molecule has 0 fully saturated rings. The number of rotatable bonds is 6. The average Bonchev–Trinajstić information content (AvgIpc) is 2.84. The van der Waals surface area contributed by atoms with E-state index in [4.69, 9.17) is 9.47 Å². The van der Waals surface area contributed by atoms with Crippen molar-refractivity contribution in [1.29, 1.82) is 0 Å². The van der Waals surface area contributed by atoms with Crippen LogP contribution in [0.2, 0.25) is 0 Å². The molecule has 0 N–H and O–H groups in total. The van der Waals surface area contributed by atoms with Crippen LogP contribution < -0.4 is 4.74 Å². The van der Waals surface area contributed by atoms with Gasteiger partial charge in [-0.05, 0) is 17.7 Å². The molecule has 1 heterocycles. The van der Waals surface area contributed by atoms with Crippen LogP contribution in [0.4, 0.5) is 4.39 Å². The van der Waals surface area contributed by atoms with Crippen LogP contribution >= 0.6 is 0 Å². The van der Waals surface area contributed by atoms with Gasteiger partial charge in [0.15, 0.2) is 11.6 Å². The topological polar surface area (TPSA) is 55.8 Å². The summed E-state index contributed by atoms with van der Waals surface area (Å²) in [4.78, 5) is 25.5. The smallest absolute Gasteiger partial charge is 0.264 e. The Labute approximate surface area is 138 Å². The summed E-state index contributed by atoms with van der Waals surface area (Å²) < 4.78 is 25.0. The third kappa shape index (κ3) is 2.88. The van der Waals surface area contributed by atoms with E-state index in [-0.39, 0.29) is 36.6 Å². The van der Waals surface area contributed by atoms with Crippen molar-refractivity contribution in [2.45, 2.75) is 6.61 Å². The van der Waals surface area contributed by atoms with Gasteiger partial charge in [0.2, 0.25) is 0 Å². The Morgan fingerprint density at radius 2 is 1.79 bits per heavy atom. The zero-order chi connectivity index (χ0) is 17.1. The van der Waals surface area contributed by atoms with E-state index in [1.807, 2.05) is 30.3 Å². The number of fused-ring (bicyclic) bond motifs is 1. The van der Waals surface area contributed by atoms with Crippen LogP contribution in [0.15, 0.2) is 42.5 Å². The SMILES string of the molecule is COCCN1C(=O)c2ccc(OCc3ccccc3)c(F)c2C1=O. The largest absolute Gasteiger partial charge is 0.486 e. The van der Waals surface area contributed by atoms with Crippen LogP contribution in [0.25, 0.3) is 0 Å². The van der Waals surface area contributed by atoms with Crippen LogP contribution in [0.3, 0.4) is 0 Å². The van der Waals surface area contributed by atoms with Gasteiger partial charge >= 0.3 is 0 Å². The number of carbonyl (C=O) groups excluding carboxylic acids is 2. The van der Waals surface area contributed by atoms with Gasteiger partial charge in [0.1, 0.15) is 6.61 Å². The van der Waals surface area contributed by atoms with Gasteiger partial charge in [0.25, 0.3) is 11.8 Å². The summed E-state index contributed by atoms with van der Waals surface area (Å²) >= 11 is 0. The number of methoxy groups -OCH3 is 1. The maximum Gasteiger partial charge on any atom is 0.264 e. The summed E-state index contributed by atoms with van der Waals surface area (Å²) in [5.41, 5.74) is 0.698. The van der Waals surface area contributed by atoms with Crippen molar-refractivity contribution >= 4 is 11.8 Å². The average molecular weight is 329 g/mol. The molecule has 0 atom stereocenters. The Morgan fingerprint density at radius 1 is 1.04 bits per heavy atom. The number of ether oxygens (including phenoxy) is 2. The number of amides is 2. The monoisotopic (exact) mass is 329 g/mol. The van der Waals surface area contributed by atoms with Gasteiger partial charge in [-0.15, -0.1) is 0 Å². The Morgan fingerprint density at radius 3 is 2.50 bits per heavy atom. The van der Waals surface area contributed by atoms with E-state index < -0.39 is 17.6 Å². The van der Waals surface area contributed by atoms with Crippen molar-refractivity contribution in [2.75, 3.05) is 20.3 Å². The third-order valence-corrected chi connectivity index (χ3v) is 3.80. The molecule has 5 nitrogen and oxygen atoms in total. The minimum Gasteiger partial charge on any atom is -0.486 e. The number of carbonyl (C=O) groups is 2. The van der Waals surface area contributed by atoms with E-state index in [0.29, 0.717) is 0 Å². The molecule has 1 aliphatic rings. The fraction of sp³-hybridized carbons (Fsp3) is 0.222. The van der Waals surface area contributed by atoms with Crippen molar-refractivity contribution in [3.05, 3.63) is 65.0 Å². The Hall–Kier alpha value is -2.73. The lowest BCUT2D eigenvalue weighted by atomic mass is 10.1. The molecule has 3 rings (SSSR count). The standard InChI is InChI=1S/C18H16FNO4/c1-23-10-9-20-17(21)13-7-8-14(16(19)15(13)18(20)22)24-11-12-5-3-2-4-6-12/h2-8H,9-11H2,1H3. The van der Waals surface area contributed by atoms with Gasteiger partial charge in [0.05, 0.1) is 24.3 Å². The van der Waals surface area contributed by atoms with Gasteiger partial charge in [-0.25, -0.2) is 4.39 Å². The van der Waals surface area contributed by atoms with Crippen LogP contribution in [0.5, 0.6) is 5.75 Å². The molecule has 2 amide bonds. The molecule has 2 aromatic carbocycles. The van der Waals surface area contributed by atoms with Crippen LogP contribution in [0.1, 0.15) is 26.3 Å². The molecule has 0 spiro atoms. The summed E-state index contributed by atoms with van der Waals surface area (Å²) in [5.74, 6) is -2.02. The van der Waals surface area contributed by atoms with E-state index in [0.717, 1.165) is 10.5 Å². The highest BCUT2D eigenvalue weighted by atomic mass is 19.1.